The van der Waals surface area contributed by atoms with Gasteiger partial charge in [-0.3, -0.25) is 4.79 Å². The van der Waals surface area contributed by atoms with Crippen molar-refractivity contribution in [3.05, 3.63) is 51.5 Å². The van der Waals surface area contributed by atoms with E-state index >= 15 is 0 Å². The fourth-order valence-corrected chi connectivity index (χ4v) is 3.04. The van der Waals surface area contributed by atoms with E-state index in [-0.39, 0.29) is 12.5 Å². The first-order valence-electron chi connectivity index (χ1n) is 8.88. The summed E-state index contributed by atoms with van der Waals surface area (Å²) in [5.74, 6) is 0.304. The lowest BCUT2D eigenvalue weighted by Crippen LogP contribution is -2.35. The molecule has 3 aromatic rings. The van der Waals surface area contributed by atoms with E-state index in [0.29, 0.717) is 28.6 Å². The van der Waals surface area contributed by atoms with E-state index in [0.717, 1.165) is 18.5 Å². The van der Waals surface area contributed by atoms with E-state index in [1.807, 2.05) is 13.0 Å². The maximum absolute atomic E-state index is 12.9. The number of aromatic nitrogens is 4. The van der Waals surface area contributed by atoms with Crippen LogP contribution in [0.15, 0.2) is 35.1 Å². The van der Waals surface area contributed by atoms with Crippen molar-refractivity contribution >= 4 is 23.2 Å². The molecule has 0 atom stereocenters. The van der Waals surface area contributed by atoms with Gasteiger partial charge in [0.15, 0.2) is 5.65 Å². The monoisotopic (exact) mass is 387 g/mol. The van der Waals surface area contributed by atoms with Crippen LogP contribution >= 0.6 is 11.6 Å². The molecule has 8 heteroatoms. The Balaban J connectivity index is 2.03. The van der Waals surface area contributed by atoms with Gasteiger partial charge in [0.2, 0.25) is 5.91 Å². The van der Waals surface area contributed by atoms with Crippen LogP contribution in [-0.4, -0.2) is 43.6 Å². The highest BCUT2D eigenvalue weighted by Crippen LogP contribution is 2.21. The van der Waals surface area contributed by atoms with Crippen LogP contribution in [0.3, 0.4) is 0 Å². The highest BCUT2D eigenvalue weighted by molar-refractivity contribution is 6.30. The molecular formula is C19H22ClN5O2. The number of likely N-dealkylation sites (N-methyl/N-ethyl adjacent to an activating group) is 1. The number of carbonyl (C=O) groups is 1. The predicted octanol–water partition coefficient (Wildman–Crippen LogP) is 2.78. The van der Waals surface area contributed by atoms with Crippen LogP contribution in [0.5, 0.6) is 0 Å². The van der Waals surface area contributed by atoms with Crippen molar-refractivity contribution in [3.63, 3.8) is 0 Å². The number of hydrogen-bond donors (Lipinski definition) is 0. The Bertz CT molecular complexity index is 1040. The summed E-state index contributed by atoms with van der Waals surface area (Å²) in [6, 6.07) is 8.86. The smallest absolute Gasteiger partial charge is 0.344 e. The molecule has 3 rings (SSSR count). The minimum Gasteiger partial charge on any atom is -0.344 e. The van der Waals surface area contributed by atoms with Crippen molar-refractivity contribution in [2.24, 2.45) is 0 Å². The number of fused-ring (bicyclic) bond motifs is 1. The summed E-state index contributed by atoms with van der Waals surface area (Å²) in [6.45, 7) is 4.46. The second kappa shape index (κ2) is 7.92. The summed E-state index contributed by atoms with van der Waals surface area (Å²) < 4.78 is 2.60. The molecule has 1 amide bonds. The molecule has 0 saturated heterocycles. The van der Waals surface area contributed by atoms with E-state index in [1.54, 1.807) is 36.2 Å². The summed E-state index contributed by atoms with van der Waals surface area (Å²) in [7, 11) is 1.74. The van der Waals surface area contributed by atoms with Gasteiger partial charge in [-0.15, -0.1) is 5.10 Å². The molecule has 0 radical (unpaired) electrons. The first-order chi connectivity index (χ1) is 12.9. The number of amides is 1. The maximum atomic E-state index is 12.9. The van der Waals surface area contributed by atoms with Gasteiger partial charge >= 0.3 is 5.69 Å². The van der Waals surface area contributed by atoms with E-state index in [2.05, 4.69) is 17.0 Å². The molecule has 0 unspecified atom stereocenters. The quantitative estimate of drug-likeness (QED) is 0.652. The third-order valence-corrected chi connectivity index (χ3v) is 4.57. The minimum absolute atomic E-state index is 0.102. The van der Waals surface area contributed by atoms with E-state index < -0.39 is 5.69 Å². The number of carbonyl (C=O) groups excluding carboxylic acids is 1. The van der Waals surface area contributed by atoms with Crippen molar-refractivity contribution in [1.82, 2.24) is 24.1 Å². The second-order valence-electron chi connectivity index (χ2n) is 6.53. The van der Waals surface area contributed by atoms with Crippen molar-refractivity contribution in [2.75, 3.05) is 13.6 Å². The second-order valence-corrected chi connectivity index (χ2v) is 6.97. The highest BCUT2D eigenvalue weighted by atomic mass is 35.5. The summed E-state index contributed by atoms with van der Waals surface area (Å²) in [5.41, 5.74) is 1.49. The van der Waals surface area contributed by atoms with Gasteiger partial charge in [0.05, 0.1) is 0 Å². The molecule has 2 aromatic heterocycles. The van der Waals surface area contributed by atoms with Crippen LogP contribution in [0, 0.1) is 6.92 Å². The normalized spacial score (nSPS) is 11.1. The minimum atomic E-state index is -0.398. The van der Waals surface area contributed by atoms with Gasteiger partial charge in [0.1, 0.15) is 12.4 Å². The molecule has 2 heterocycles. The van der Waals surface area contributed by atoms with E-state index in [4.69, 9.17) is 11.6 Å². The molecule has 0 saturated carbocycles. The van der Waals surface area contributed by atoms with Gasteiger partial charge < -0.3 is 4.90 Å². The SMILES string of the molecule is CCCCN(C)C(=O)Cn1nc2cc(C)nc(-c3cccc(Cl)c3)n2c1=O. The Hall–Kier alpha value is -2.67. The zero-order valence-electron chi connectivity index (χ0n) is 15.6. The largest absolute Gasteiger partial charge is 0.352 e. The van der Waals surface area contributed by atoms with Gasteiger partial charge in [-0.2, -0.15) is 0 Å². The lowest BCUT2D eigenvalue weighted by molar-refractivity contribution is -0.130. The molecule has 1 aromatic carbocycles. The fourth-order valence-electron chi connectivity index (χ4n) is 2.85. The molecule has 0 bridgehead atoms. The number of halogens is 1. The summed E-state index contributed by atoms with van der Waals surface area (Å²) in [5, 5.41) is 4.88. The Morgan fingerprint density at radius 3 is 2.78 bits per heavy atom. The lowest BCUT2D eigenvalue weighted by Gasteiger charge is -2.15. The van der Waals surface area contributed by atoms with Gasteiger partial charge in [0, 0.05) is 35.9 Å². The average Bonchev–Trinajstić information content (AvgIpc) is 2.94. The molecular weight excluding hydrogens is 366 g/mol. The van der Waals surface area contributed by atoms with Gasteiger partial charge in [-0.05, 0) is 25.5 Å². The van der Waals surface area contributed by atoms with Crippen LogP contribution in [0.4, 0.5) is 0 Å². The molecule has 0 fully saturated rings. The molecule has 0 spiro atoms. The fraction of sp³-hybridized carbons (Fsp3) is 0.368. The number of aryl methyl sites for hydroxylation is 1. The molecule has 0 aliphatic carbocycles. The van der Waals surface area contributed by atoms with Gasteiger partial charge in [-0.1, -0.05) is 37.1 Å². The molecule has 7 nitrogen and oxygen atoms in total. The Labute approximate surface area is 162 Å². The van der Waals surface area contributed by atoms with Crippen molar-refractivity contribution < 1.29 is 4.79 Å². The molecule has 142 valence electrons. The molecule has 0 N–H and O–H groups in total. The lowest BCUT2D eigenvalue weighted by atomic mass is 10.2. The standard InChI is InChI=1S/C19H22ClN5O2/c1-4-5-9-23(3)17(26)12-24-19(27)25-16(22-24)10-13(2)21-18(25)14-7-6-8-15(20)11-14/h6-8,10-11H,4-5,9,12H2,1-3H3. The van der Waals surface area contributed by atoms with Crippen molar-refractivity contribution in [3.8, 4) is 11.4 Å². The molecule has 27 heavy (non-hydrogen) atoms. The number of rotatable bonds is 6. The van der Waals surface area contributed by atoms with Crippen LogP contribution in [0.1, 0.15) is 25.5 Å². The summed E-state index contributed by atoms with van der Waals surface area (Å²) >= 11 is 6.09. The summed E-state index contributed by atoms with van der Waals surface area (Å²) in [4.78, 5) is 31.4. The number of hydrogen-bond acceptors (Lipinski definition) is 4. The third kappa shape index (κ3) is 4.03. The van der Waals surface area contributed by atoms with Crippen molar-refractivity contribution in [1.29, 1.82) is 0 Å². The van der Waals surface area contributed by atoms with Gasteiger partial charge in [0.25, 0.3) is 0 Å². The Morgan fingerprint density at radius 1 is 1.30 bits per heavy atom. The van der Waals surface area contributed by atoms with Crippen LogP contribution in [0.2, 0.25) is 5.02 Å². The summed E-state index contributed by atoms with van der Waals surface area (Å²) in [6.07, 6.45) is 1.92. The van der Waals surface area contributed by atoms with Crippen molar-refractivity contribution in [2.45, 2.75) is 33.2 Å². The average molecular weight is 388 g/mol. The number of benzene rings is 1. The van der Waals surface area contributed by atoms with Crippen LogP contribution < -0.4 is 5.69 Å². The Morgan fingerprint density at radius 2 is 2.07 bits per heavy atom. The highest BCUT2D eigenvalue weighted by Gasteiger charge is 2.17. The topological polar surface area (TPSA) is 72.5 Å². The third-order valence-electron chi connectivity index (χ3n) is 4.34. The number of nitrogens with zero attached hydrogens (tertiary/aromatic N) is 5. The Kier molecular flexibility index (Phi) is 5.60. The zero-order valence-corrected chi connectivity index (χ0v) is 16.4. The number of unbranched alkanes of at least 4 members (excludes halogenated alkanes) is 1. The predicted molar refractivity (Wildman–Crippen MR) is 105 cm³/mol. The van der Waals surface area contributed by atoms with Crippen LogP contribution in [-0.2, 0) is 11.3 Å². The first-order valence-corrected chi connectivity index (χ1v) is 9.25. The van der Waals surface area contributed by atoms with Crippen LogP contribution in [0.25, 0.3) is 17.0 Å². The molecule has 0 aliphatic rings. The van der Waals surface area contributed by atoms with Gasteiger partial charge in [-0.25, -0.2) is 18.9 Å². The first kappa shape index (κ1) is 19.1. The molecule has 0 aliphatic heterocycles. The van der Waals surface area contributed by atoms with E-state index in [1.165, 1.54) is 9.08 Å². The van der Waals surface area contributed by atoms with E-state index in [9.17, 15) is 9.59 Å². The zero-order chi connectivity index (χ0) is 19.6. The maximum Gasteiger partial charge on any atom is 0.352 e.